The van der Waals surface area contributed by atoms with Crippen LogP contribution in [-0.4, -0.2) is 12.1 Å². The average Bonchev–Trinajstić information content (AvgIpc) is 2.54. The largest absolute Gasteiger partial charge is 0.497 e. The van der Waals surface area contributed by atoms with Gasteiger partial charge in [0.2, 0.25) is 0 Å². The van der Waals surface area contributed by atoms with Crippen molar-refractivity contribution in [3.05, 3.63) is 59.2 Å². The standard InChI is InChI=1S/C19H18ClNO/c1-12(2)13-4-6-14(7-5-13)18-11-15-10-16(22-3)8-9-17(15)19(20)21-18/h4-12H,1-3H3. The van der Waals surface area contributed by atoms with Gasteiger partial charge in [-0.25, -0.2) is 4.98 Å². The van der Waals surface area contributed by atoms with Crippen molar-refractivity contribution in [1.82, 2.24) is 4.98 Å². The van der Waals surface area contributed by atoms with Gasteiger partial charge in [0.15, 0.2) is 0 Å². The number of nitrogens with zero attached hydrogens (tertiary/aromatic N) is 1. The van der Waals surface area contributed by atoms with Crippen molar-refractivity contribution in [3.8, 4) is 17.0 Å². The van der Waals surface area contributed by atoms with Gasteiger partial charge in [-0.2, -0.15) is 0 Å². The van der Waals surface area contributed by atoms with Crippen molar-refractivity contribution >= 4 is 22.4 Å². The molecule has 0 atom stereocenters. The summed E-state index contributed by atoms with van der Waals surface area (Å²) in [6.07, 6.45) is 0. The summed E-state index contributed by atoms with van der Waals surface area (Å²) in [4.78, 5) is 4.53. The van der Waals surface area contributed by atoms with E-state index in [4.69, 9.17) is 16.3 Å². The van der Waals surface area contributed by atoms with Crippen molar-refractivity contribution in [2.75, 3.05) is 7.11 Å². The van der Waals surface area contributed by atoms with Crippen LogP contribution < -0.4 is 4.74 Å². The first kappa shape index (κ1) is 14.9. The molecule has 112 valence electrons. The number of aromatic nitrogens is 1. The van der Waals surface area contributed by atoms with E-state index in [-0.39, 0.29) is 0 Å². The van der Waals surface area contributed by atoms with Gasteiger partial charge >= 0.3 is 0 Å². The van der Waals surface area contributed by atoms with Gasteiger partial charge in [0, 0.05) is 10.9 Å². The van der Waals surface area contributed by atoms with Crippen LogP contribution in [-0.2, 0) is 0 Å². The van der Waals surface area contributed by atoms with E-state index in [1.165, 1.54) is 5.56 Å². The van der Waals surface area contributed by atoms with Crippen molar-refractivity contribution in [2.24, 2.45) is 0 Å². The van der Waals surface area contributed by atoms with E-state index in [0.717, 1.165) is 27.8 Å². The fraction of sp³-hybridized carbons (Fsp3) is 0.211. The molecule has 22 heavy (non-hydrogen) atoms. The van der Waals surface area contributed by atoms with Gasteiger partial charge in [-0.3, -0.25) is 0 Å². The summed E-state index contributed by atoms with van der Waals surface area (Å²) in [5.41, 5.74) is 3.26. The number of benzene rings is 2. The lowest BCUT2D eigenvalue weighted by molar-refractivity contribution is 0.415. The van der Waals surface area contributed by atoms with Crippen LogP contribution in [0.1, 0.15) is 25.3 Å². The molecule has 3 heteroatoms. The normalized spacial score (nSPS) is 11.1. The van der Waals surface area contributed by atoms with Crippen LogP contribution in [0, 0.1) is 0 Å². The fourth-order valence-electron chi connectivity index (χ4n) is 2.51. The molecule has 0 spiro atoms. The summed E-state index contributed by atoms with van der Waals surface area (Å²) >= 11 is 6.34. The van der Waals surface area contributed by atoms with Gasteiger partial charge in [-0.15, -0.1) is 0 Å². The fourth-order valence-corrected chi connectivity index (χ4v) is 2.77. The molecule has 0 aliphatic rings. The van der Waals surface area contributed by atoms with Gasteiger partial charge in [0.25, 0.3) is 0 Å². The lowest BCUT2D eigenvalue weighted by Gasteiger charge is -2.09. The highest BCUT2D eigenvalue weighted by atomic mass is 35.5. The van der Waals surface area contributed by atoms with Crippen LogP contribution >= 0.6 is 11.6 Å². The molecule has 1 aromatic heterocycles. The number of fused-ring (bicyclic) bond motifs is 1. The first-order valence-corrected chi connectivity index (χ1v) is 7.71. The maximum Gasteiger partial charge on any atom is 0.137 e. The topological polar surface area (TPSA) is 22.1 Å². The SMILES string of the molecule is COc1ccc2c(Cl)nc(-c3ccc(C(C)C)cc3)cc2c1. The molecule has 0 aliphatic carbocycles. The molecule has 2 nitrogen and oxygen atoms in total. The summed E-state index contributed by atoms with van der Waals surface area (Å²) in [5.74, 6) is 1.34. The molecule has 0 aliphatic heterocycles. The van der Waals surface area contributed by atoms with E-state index in [0.29, 0.717) is 11.1 Å². The maximum absolute atomic E-state index is 6.34. The molecule has 3 rings (SSSR count). The Balaban J connectivity index is 2.10. The number of ether oxygens (including phenoxy) is 1. The smallest absolute Gasteiger partial charge is 0.137 e. The molecule has 0 radical (unpaired) electrons. The molecule has 2 aromatic carbocycles. The molecule has 0 saturated heterocycles. The second-order valence-corrected chi connectivity index (χ2v) is 6.02. The molecule has 0 unspecified atom stereocenters. The van der Waals surface area contributed by atoms with E-state index >= 15 is 0 Å². The highest BCUT2D eigenvalue weighted by Gasteiger charge is 2.08. The van der Waals surface area contributed by atoms with Crippen molar-refractivity contribution in [2.45, 2.75) is 19.8 Å². The zero-order chi connectivity index (χ0) is 15.7. The Bertz CT molecular complexity index is 810. The summed E-state index contributed by atoms with van der Waals surface area (Å²) in [7, 11) is 1.66. The zero-order valence-electron chi connectivity index (χ0n) is 12.9. The summed E-state index contributed by atoms with van der Waals surface area (Å²) < 4.78 is 5.29. The number of hydrogen-bond donors (Lipinski definition) is 0. The molecular weight excluding hydrogens is 294 g/mol. The van der Waals surface area contributed by atoms with Crippen LogP contribution in [0.4, 0.5) is 0 Å². The monoisotopic (exact) mass is 311 g/mol. The lowest BCUT2D eigenvalue weighted by atomic mass is 10.00. The van der Waals surface area contributed by atoms with Gasteiger partial charge < -0.3 is 4.74 Å². The first-order valence-electron chi connectivity index (χ1n) is 7.33. The van der Waals surface area contributed by atoms with Crippen molar-refractivity contribution < 1.29 is 4.74 Å². The third-order valence-corrected chi connectivity index (χ3v) is 4.15. The summed E-state index contributed by atoms with van der Waals surface area (Å²) in [5, 5.41) is 2.48. The molecule has 0 amide bonds. The highest BCUT2D eigenvalue weighted by Crippen LogP contribution is 2.30. The van der Waals surface area contributed by atoms with E-state index in [1.54, 1.807) is 7.11 Å². The van der Waals surface area contributed by atoms with E-state index in [9.17, 15) is 0 Å². The summed E-state index contributed by atoms with van der Waals surface area (Å²) in [6, 6.07) is 16.3. The number of rotatable bonds is 3. The number of hydrogen-bond acceptors (Lipinski definition) is 2. The highest BCUT2D eigenvalue weighted by molar-refractivity contribution is 6.34. The van der Waals surface area contributed by atoms with Crippen molar-refractivity contribution in [3.63, 3.8) is 0 Å². The average molecular weight is 312 g/mol. The molecular formula is C19H18ClNO. The van der Waals surface area contributed by atoms with Gasteiger partial charge in [0.1, 0.15) is 10.9 Å². The van der Waals surface area contributed by atoms with E-state index < -0.39 is 0 Å². The minimum absolute atomic E-state index is 0.517. The van der Waals surface area contributed by atoms with E-state index in [1.807, 2.05) is 24.3 Å². The number of methoxy groups -OCH3 is 1. The van der Waals surface area contributed by atoms with Crippen LogP contribution in [0.15, 0.2) is 48.5 Å². The lowest BCUT2D eigenvalue weighted by Crippen LogP contribution is -1.90. The third-order valence-electron chi connectivity index (χ3n) is 3.86. The Hall–Kier alpha value is -2.06. The van der Waals surface area contributed by atoms with E-state index in [2.05, 4.69) is 43.1 Å². The van der Waals surface area contributed by atoms with Gasteiger partial charge in [-0.05, 0) is 41.1 Å². The van der Waals surface area contributed by atoms with Gasteiger partial charge in [0.05, 0.1) is 12.8 Å². The molecule has 1 heterocycles. The Morgan fingerprint density at radius 1 is 1.00 bits per heavy atom. The predicted octanol–water partition coefficient (Wildman–Crippen LogP) is 5.69. The summed E-state index contributed by atoms with van der Waals surface area (Å²) in [6.45, 7) is 4.37. The van der Waals surface area contributed by atoms with Crippen LogP contribution in [0.25, 0.3) is 22.0 Å². The van der Waals surface area contributed by atoms with Gasteiger partial charge in [-0.1, -0.05) is 49.7 Å². The minimum atomic E-state index is 0.517. The van der Waals surface area contributed by atoms with Crippen LogP contribution in [0.2, 0.25) is 5.15 Å². The van der Waals surface area contributed by atoms with Crippen molar-refractivity contribution in [1.29, 1.82) is 0 Å². The Morgan fingerprint density at radius 2 is 1.73 bits per heavy atom. The number of pyridine rings is 1. The van der Waals surface area contributed by atoms with Crippen LogP contribution in [0.3, 0.4) is 0 Å². The van der Waals surface area contributed by atoms with Crippen LogP contribution in [0.5, 0.6) is 5.75 Å². The molecule has 0 fully saturated rings. The third kappa shape index (κ3) is 2.79. The molecule has 0 bridgehead atoms. The predicted molar refractivity (Wildman–Crippen MR) is 92.8 cm³/mol. The quantitative estimate of drug-likeness (QED) is 0.580. The molecule has 0 saturated carbocycles. The number of halogens is 1. The maximum atomic E-state index is 6.34. The first-order chi connectivity index (χ1) is 10.6. The molecule has 3 aromatic rings. The second kappa shape index (κ2) is 5.98. The zero-order valence-corrected chi connectivity index (χ0v) is 13.7. The Labute approximate surface area is 135 Å². The molecule has 0 N–H and O–H groups in total. The minimum Gasteiger partial charge on any atom is -0.497 e. The Morgan fingerprint density at radius 3 is 2.36 bits per heavy atom. The second-order valence-electron chi connectivity index (χ2n) is 5.66. The Kier molecular flexibility index (Phi) is 4.04.